The zero-order valence-corrected chi connectivity index (χ0v) is 17.1. The topological polar surface area (TPSA) is 91.8 Å². The normalized spacial score (nSPS) is 10.8. The van der Waals surface area contributed by atoms with Crippen molar-refractivity contribution in [2.45, 2.75) is 6.61 Å². The Hall–Kier alpha value is -3.84. The van der Waals surface area contributed by atoms with Crippen molar-refractivity contribution in [3.63, 3.8) is 0 Å². The molecule has 8 heteroatoms. The SMILES string of the molecule is COc1ccc(-c2cc(=O)oc3cc(OCc4ccc([N+](=O)[O-])cc4)c(Cl)cc23)cc1. The highest BCUT2D eigenvalue weighted by Crippen LogP contribution is 2.35. The van der Waals surface area contributed by atoms with Gasteiger partial charge in [0, 0.05) is 29.7 Å². The van der Waals surface area contributed by atoms with Gasteiger partial charge >= 0.3 is 5.63 Å². The van der Waals surface area contributed by atoms with Gasteiger partial charge in [-0.2, -0.15) is 0 Å². The molecule has 0 N–H and O–H groups in total. The van der Waals surface area contributed by atoms with Crippen molar-refractivity contribution in [3.05, 3.63) is 97.9 Å². The zero-order chi connectivity index (χ0) is 22.0. The van der Waals surface area contributed by atoms with Crippen LogP contribution in [0, 0.1) is 10.1 Å². The van der Waals surface area contributed by atoms with Crippen molar-refractivity contribution in [3.8, 4) is 22.6 Å². The first-order valence-corrected chi connectivity index (χ1v) is 9.60. The predicted molar refractivity (Wildman–Crippen MR) is 117 cm³/mol. The number of rotatable bonds is 6. The first kappa shape index (κ1) is 20.4. The number of non-ortho nitro benzene ring substituents is 1. The summed E-state index contributed by atoms with van der Waals surface area (Å²) in [7, 11) is 1.58. The number of nitro benzene ring substituents is 1. The van der Waals surface area contributed by atoms with Gasteiger partial charge in [-0.25, -0.2) is 4.79 Å². The van der Waals surface area contributed by atoms with E-state index >= 15 is 0 Å². The van der Waals surface area contributed by atoms with Crippen LogP contribution in [0.3, 0.4) is 0 Å². The third-order valence-corrected chi connectivity index (χ3v) is 5.03. The average Bonchev–Trinajstić information content (AvgIpc) is 2.78. The third-order valence-electron chi connectivity index (χ3n) is 4.74. The first-order valence-electron chi connectivity index (χ1n) is 9.22. The second-order valence-electron chi connectivity index (χ2n) is 6.70. The smallest absolute Gasteiger partial charge is 0.336 e. The summed E-state index contributed by atoms with van der Waals surface area (Å²) in [5.74, 6) is 1.04. The molecule has 0 saturated carbocycles. The predicted octanol–water partition coefficient (Wildman–Crippen LogP) is 5.61. The summed E-state index contributed by atoms with van der Waals surface area (Å²) in [4.78, 5) is 22.4. The van der Waals surface area contributed by atoms with E-state index in [-0.39, 0.29) is 12.3 Å². The van der Waals surface area contributed by atoms with Gasteiger partial charge in [0.2, 0.25) is 0 Å². The number of methoxy groups -OCH3 is 1. The molecular weight excluding hydrogens is 422 g/mol. The van der Waals surface area contributed by atoms with Crippen LogP contribution in [-0.4, -0.2) is 12.0 Å². The van der Waals surface area contributed by atoms with Crippen molar-refractivity contribution >= 4 is 28.3 Å². The fourth-order valence-corrected chi connectivity index (χ4v) is 3.38. The summed E-state index contributed by atoms with van der Waals surface area (Å²) >= 11 is 6.43. The molecule has 4 rings (SSSR count). The molecule has 0 saturated heterocycles. The molecule has 1 heterocycles. The Morgan fingerprint density at radius 1 is 1.03 bits per heavy atom. The molecule has 0 aliphatic carbocycles. The quantitative estimate of drug-likeness (QED) is 0.221. The fourth-order valence-electron chi connectivity index (χ4n) is 3.16. The highest BCUT2D eigenvalue weighted by molar-refractivity contribution is 6.33. The Morgan fingerprint density at radius 3 is 2.39 bits per heavy atom. The van der Waals surface area contributed by atoms with Crippen LogP contribution in [-0.2, 0) is 6.61 Å². The number of nitro groups is 1. The molecule has 0 spiro atoms. The van der Waals surface area contributed by atoms with Crippen LogP contribution in [0.4, 0.5) is 5.69 Å². The fraction of sp³-hybridized carbons (Fsp3) is 0.0870. The van der Waals surface area contributed by atoms with Gasteiger partial charge in [0.1, 0.15) is 23.7 Å². The molecule has 0 unspecified atom stereocenters. The molecule has 156 valence electrons. The lowest BCUT2D eigenvalue weighted by atomic mass is 10.0. The summed E-state index contributed by atoms with van der Waals surface area (Å²) < 4.78 is 16.3. The van der Waals surface area contributed by atoms with E-state index in [0.29, 0.717) is 33.1 Å². The number of hydrogen-bond donors (Lipinski definition) is 0. The van der Waals surface area contributed by atoms with Gasteiger partial charge in [0.15, 0.2) is 0 Å². The van der Waals surface area contributed by atoms with Crippen LogP contribution in [0.15, 0.2) is 75.9 Å². The van der Waals surface area contributed by atoms with E-state index in [0.717, 1.165) is 11.1 Å². The number of hydrogen-bond acceptors (Lipinski definition) is 6. The standard InChI is InChI=1S/C23H16ClNO6/c1-29-17-8-4-15(5-9-17)18-11-23(26)31-21-12-22(20(24)10-19(18)21)30-13-14-2-6-16(7-3-14)25(27)28/h2-12H,13H2,1H3. The van der Waals surface area contributed by atoms with Crippen molar-refractivity contribution in [2.24, 2.45) is 0 Å². The van der Waals surface area contributed by atoms with Crippen molar-refractivity contribution < 1.29 is 18.8 Å². The lowest BCUT2D eigenvalue weighted by Gasteiger charge is -2.11. The molecular formula is C23H16ClNO6. The van der Waals surface area contributed by atoms with Crippen LogP contribution in [0.2, 0.25) is 5.02 Å². The molecule has 0 atom stereocenters. The van der Waals surface area contributed by atoms with Crippen LogP contribution >= 0.6 is 11.6 Å². The maximum absolute atomic E-state index is 12.1. The van der Waals surface area contributed by atoms with Crippen LogP contribution in [0.25, 0.3) is 22.1 Å². The summed E-state index contributed by atoms with van der Waals surface area (Å²) in [6.07, 6.45) is 0. The van der Waals surface area contributed by atoms with Gasteiger partial charge < -0.3 is 13.9 Å². The largest absolute Gasteiger partial charge is 0.497 e. The monoisotopic (exact) mass is 437 g/mol. The molecule has 0 bridgehead atoms. The van der Waals surface area contributed by atoms with E-state index in [1.807, 2.05) is 12.1 Å². The Kier molecular flexibility index (Phi) is 5.60. The average molecular weight is 438 g/mol. The Bertz CT molecular complexity index is 1310. The minimum absolute atomic E-state index is 0.000300. The summed E-state index contributed by atoms with van der Waals surface area (Å²) in [6, 6.07) is 18.0. The van der Waals surface area contributed by atoms with Crippen molar-refractivity contribution in [1.29, 1.82) is 0 Å². The molecule has 0 amide bonds. The van der Waals surface area contributed by atoms with E-state index in [1.54, 1.807) is 43.5 Å². The molecule has 4 aromatic rings. The van der Waals surface area contributed by atoms with Crippen LogP contribution in [0.5, 0.6) is 11.5 Å². The van der Waals surface area contributed by atoms with Crippen LogP contribution < -0.4 is 15.1 Å². The lowest BCUT2D eigenvalue weighted by Crippen LogP contribution is -2.00. The van der Waals surface area contributed by atoms with Gasteiger partial charge in [-0.05, 0) is 47.0 Å². The molecule has 31 heavy (non-hydrogen) atoms. The molecule has 0 aliphatic heterocycles. The number of nitrogens with zero attached hydrogens (tertiary/aromatic N) is 1. The van der Waals surface area contributed by atoms with Gasteiger partial charge in [-0.15, -0.1) is 0 Å². The van der Waals surface area contributed by atoms with Crippen molar-refractivity contribution in [2.75, 3.05) is 7.11 Å². The van der Waals surface area contributed by atoms with E-state index in [9.17, 15) is 14.9 Å². The molecule has 1 aromatic heterocycles. The van der Waals surface area contributed by atoms with E-state index in [2.05, 4.69) is 0 Å². The van der Waals surface area contributed by atoms with E-state index < -0.39 is 10.5 Å². The van der Waals surface area contributed by atoms with Gasteiger partial charge in [0.05, 0.1) is 17.1 Å². The maximum atomic E-state index is 12.1. The number of benzene rings is 3. The first-order chi connectivity index (χ1) is 14.9. The molecule has 0 radical (unpaired) electrons. The molecule has 0 fully saturated rings. The minimum atomic E-state index is -0.498. The van der Waals surface area contributed by atoms with E-state index in [1.165, 1.54) is 18.2 Å². The highest BCUT2D eigenvalue weighted by atomic mass is 35.5. The van der Waals surface area contributed by atoms with Gasteiger partial charge in [-0.3, -0.25) is 10.1 Å². The third kappa shape index (κ3) is 4.36. The maximum Gasteiger partial charge on any atom is 0.336 e. The summed E-state index contributed by atoms with van der Waals surface area (Å²) in [5.41, 5.74) is 2.06. The van der Waals surface area contributed by atoms with Crippen LogP contribution in [0.1, 0.15) is 5.56 Å². The molecule has 0 aliphatic rings. The Morgan fingerprint density at radius 2 is 1.74 bits per heavy atom. The van der Waals surface area contributed by atoms with Gasteiger partial charge in [-0.1, -0.05) is 23.7 Å². The Labute approximate surface area is 181 Å². The number of halogens is 1. The molecule has 7 nitrogen and oxygen atoms in total. The minimum Gasteiger partial charge on any atom is -0.497 e. The second-order valence-corrected chi connectivity index (χ2v) is 7.11. The lowest BCUT2D eigenvalue weighted by molar-refractivity contribution is -0.384. The summed E-state index contributed by atoms with van der Waals surface area (Å²) in [5, 5.41) is 11.8. The zero-order valence-electron chi connectivity index (χ0n) is 16.3. The van der Waals surface area contributed by atoms with E-state index in [4.69, 9.17) is 25.5 Å². The van der Waals surface area contributed by atoms with Crippen molar-refractivity contribution in [1.82, 2.24) is 0 Å². The van der Waals surface area contributed by atoms with Gasteiger partial charge in [0.25, 0.3) is 5.69 Å². The second kappa shape index (κ2) is 8.49. The molecule has 3 aromatic carbocycles. The number of fused-ring (bicyclic) bond motifs is 1. The Balaban J connectivity index is 1.66. The highest BCUT2D eigenvalue weighted by Gasteiger charge is 2.13. The number of ether oxygens (including phenoxy) is 2. The summed E-state index contributed by atoms with van der Waals surface area (Å²) in [6.45, 7) is 0.144.